The molecule has 0 aliphatic carbocycles. The van der Waals surface area contributed by atoms with Gasteiger partial charge in [-0.2, -0.15) is 0 Å². The maximum absolute atomic E-state index is 13.6. The molecule has 6 heteroatoms. The van der Waals surface area contributed by atoms with Crippen LogP contribution >= 0.6 is 0 Å². The van der Waals surface area contributed by atoms with Gasteiger partial charge in [0.2, 0.25) is 0 Å². The van der Waals surface area contributed by atoms with Crippen LogP contribution in [0.1, 0.15) is 35.3 Å². The lowest BCUT2D eigenvalue weighted by atomic mass is 10.1. The number of hydrogen-bond acceptors (Lipinski definition) is 3. The van der Waals surface area contributed by atoms with Crippen LogP contribution in [-0.4, -0.2) is 26.4 Å². The summed E-state index contributed by atoms with van der Waals surface area (Å²) in [6, 6.07) is 21.8. The number of fused-ring (bicyclic) bond motifs is 2. The first-order valence-electron chi connectivity index (χ1n) is 10.5. The first-order chi connectivity index (χ1) is 14.9. The lowest BCUT2D eigenvalue weighted by molar-refractivity contribution is 0.0981. The number of hydrogen-bond donors (Lipinski definition) is 0. The third kappa shape index (κ3) is 3.13. The second-order valence-corrected chi connectivity index (χ2v) is 10.2. The SMILES string of the molecule is C[C@@H]1Cc2ccccc2N1S(=O)(=O)c1ccc2c(c1)C[C@H](C)N2C(=O)c1ccccc1. The summed E-state index contributed by atoms with van der Waals surface area (Å²) in [4.78, 5) is 15.1. The van der Waals surface area contributed by atoms with Crippen LogP contribution in [0, 0.1) is 0 Å². The first-order valence-corrected chi connectivity index (χ1v) is 12.0. The van der Waals surface area contributed by atoms with Crippen LogP contribution in [0.15, 0.2) is 77.7 Å². The molecular formula is C25H24N2O3S. The Morgan fingerprint density at radius 2 is 1.48 bits per heavy atom. The van der Waals surface area contributed by atoms with Gasteiger partial charge in [-0.05, 0) is 74.2 Å². The molecule has 2 aliphatic rings. The molecule has 0 N–H and O–H groups in total. The largest absolute Gasteiger partial charge is 0.305 e. The van der Waals surface area contributed by atoms with E-state index < -0.39 is 10.0 Å². The Balaban J connectivity index is 1.52. The van der Waals surface area contributed by atoms with E-state index in [-0.39, 0.29) is 22.9 Å². The molecule has 0 unspecified atom stereocenters. The van der Waals surface area contributed by atoms with Crippen molar-refractivity contribution >= 4 is 27.3 Å². The van der Waals surface area contributed by atoms with E-state index in [9.17, 15) is 13.2 Å². The van der Waals surface area contributed by atoms with Crippen molar-refractivity contribution in [1.82, 2.24) is 0 Å². The zero-order valence-electron chi connectivity index (χ0n) is 17.5. The molecule has 3 aromatic rings. The van der Waals surface area contributed by atoms with Gasteiger partial charge in [0.25, 0.3) is 15.9 Å². The van der Waals surface area contributed by atoms with E-state index in [0.717, 1.165) is 22.5 Å². The van der Waals surface area contributed by atoms with Crippen LogP contribution in [-0.2, 0) is 22.9 Å². The molecule has 2 heterocycles. The number of carbonyl (C=O) groups is 1. The number of nitrogens with zero attached hydrogens (tertiary/aromatic N) is 2. The normalized spacial score (nSPS) is 19.9. The zero-order chi connectivity index (χ0) is 21.8. The van der Waals surface area contributed by atoms with Gasteiger partial charge in [0.05, 0.1) is 10.6 Å². The predicted octanol–water partition coefficient (Wildman–Crippen LogP) is 4.42. The molecule has 5 nitrogen and oxygen atoms in total. The van der Waals surface area contributed by atoms with Gasteiger partial charge >= 0.3 is 0 Å². The second kappa shape index (κ2) is 7.24. The van der Waals surface area contributed by atoms with Gasteiger partial charge in [-0.15, -0.1) is 0 Å². The van der Waals surface area contributed by atoms with Crippen molar-refractivity contribution < 1.29 is 13.2 Å². The van der Waals surface area contributed by atoms with E-state index >= 15 is 0 Å². The lowest BCUT2D eigenvalue weighted by Gasteiger charge is -2.25. The molecular weight excluding hydrogens is 408 g/mol. The van der Waals surface area contributed by atoms with Gasteiger partial charge in [-0.25, -0.2) is 8.42 Å². The molecule has 3 aromatic carbocycles. The predicted molar refractivity (Wildman–Crippen MR) is 122 cm³/mol. The molecule has 1 amide bonds. The van der Waals surface area contributed by atoms with Gasteiger partial charge in [-0.3, -0.25) is 9.10 Å². The lowest BCUT2D eigenvalue weighted by Crippen LogP contribution is -2.36. The van der Waals surface area contributed by atoms with E-state index in [2.05, 4.69) is 0 Å². The number of amides is 1. The molecule has 0 saturated heterocycles. The molecule has 31 heavy (non-hydrogen) atoms. The maximum atomic E-state index is 13.6. The average molecular weight is 433 g/mol. The van der Waals surface area contributed by atoms with Crippen LogP contribution in [0.25, 0.3) is 0 Å². The summed E-state index contributed by atoms with van der Waals surface area (Å²) in [6.07, 6.45) is 1.33. The van der Waals surface area contributed by atoms with Gasteiger partial charge in [0.15, 0.2) is 0 Å². The van der Waals surface area contributed by atoms with E-state index in [4.69, 9.17) is 0 Å². The third-order valence-electron chi connectivity index (χ3n) is 6.21. The fourth-order valence-electron chi connectivity index (χ4n) is 4.81. The monoisotopic (exact) mass is 432 g/mol. The Hall–Kier alpha value is -3.12. The summed E-state index contributed by atoms with van der Waals surface area (Å²) in [7, 11) is -3.70. The zero-order valence-corrected chi connectivity index (χ0v) is 18.3. The van der Waals surface area contributed by atoms with Crippen LogP contribution in [0.2, 0.25) is 0 Å². The van der Waals surface area contributed by atoms with Crippen molar-refractivity contribution in [3.05, 3.63) is 89.5 Å². The number of para-hydroxylation sites is 1. The molecule has 0 spiro atoms. The Bertz CT molecular complexity index is 1270. The van der Waals surface area contributed by atoms with Crippen molar-refractivity contribution in [1.29, 1.82) is 0 Å². The van der Waals surface area contributed by atoms with Crippen molar-refractivity contribution in [3.63, 3.8) is 0 Å². The fourth-order valence-corrected chi connectivity index (χ4v) is 6.56. The van der Waals surface area contributed by atoms with Gasteiger partial charge < -0.3 is 4.90 Å². The van der Waals surface area contributed by atoms with Crippen molar-refractivity contribution in [2.45, 2.75) is 43.7 Å². The quantitative estimate of drug-likeness (QED) is 0.616. The Labute approximate surface area is 183 Å². The van der Waals surface area contributed by atoms with E-state index in [1.54, 1.807) is 35.2 Å². The van der Waals surface area contributed by atoms with Gasteiger partial charge in [0, 0.05) is 23.3 Å². The highest BCUT2D eigenvalue weighted by Gasteiger charge is 2.38. The van der Waals surface area contributed by atoms with Crippen LogP contribution in [0.5, 0.6) is 0 Å². The number of rotatable bonds is 3. The summed E-state index contributed by atoms with van der Waals surface area (Å²) in [5.41, 5.74) is 4.10. The highest BCUT2D eigenvalue weighted by atomic mass is 32.2. The highest BCUT2D eigenvalue weighted by Crippen LogP contribution is 2.39. The summed E-state index contributed by atoms with van der Waals surface area (Å²) in [5.74, 6) is -0.0652. The Kier molecular flexibility index (Phi) is 4.63. The Morgan fingerprint density at radius 3 is 2.26 bits per heavy atom. The maximum Gasteiger partial charge on any atom is 0.264 e. The van der Waals surface area contributed by atoms with Crippen molar-refractivity contribution in [3.8, 4) is 0 Å². The molecule has 0 radical (unpaired) electrons. The summed E-state index contributed by atoms with van der Waals surface area (Å²) in [5, 5.41) is 0. The molecule has 158 valence electrons. The summed E-state index contributed by atoms with van der Waals surface area (Å²) < 4.78 is 28.7. The van der Waals surface area contributed by atoms with Gasteiger partial charge in [-0.1, -0.05) is 36.4 Å². The minimum absolute atomic E-state index is 0.0351. The van der Waals surface area contributed by atoms with E-state index in [1.165, 1.54) is 4.31 Å². The molecule has 2 aliphatic heterocycles. The minimum Gasteiger partial charge on any atom is -0.305 e. The Morgan fingerprint density at radius 1 is 0.806 bits per heavy atom. The number of sulfonamides is 1. The molecule has 0 fully saturated rings. The van der Waals surface area contributed by atoms with Gasteiger partial charge in [0.1, 0.15) is 0 Å². The highest BCUT2D eigenvalue weighted by molar-refractivity contribution is 7.92. The number of benzene rings is 3. The number of anilines is 2. The minimum atomic E-state index is -3.70. The topological polar surface area (TPSA) is 57.7 Å². The molecule has 0 bridgehead atoms. The summed E-state index contributed by atoms with van der Waals surface area (Å²) >= 11 is 0. The molecule has 2 atom stereocenters. The van der Waals surface area contributed by atoms with Crippen LogP contribution < -0.4 is 9.21 Å². The number of carbonyl (C=O) groups excluding carboxylic acids is 1. The average Bonchev–Trinajstić information content (AvgIpc) is 3.28. The molecule has 5 rings (SSSR count). The standard InChI is InChI=1S/C25H24N2O3S/c1-17-14-21-16-22(12-13-23(21)26(17)25(28)19-8-4-3-5-9-19)31(29,30)27-18(2)15-20-10-6-7-11-24(20)27/h3-13,16-18H,14-15H2,1-2H3/t17-,18+/m0/s1. The van der Waals surface area contributed by atoms with E-state index in [0.29, 0.717) is 18.4 Å². The van der Waals surface area contributed by atoms with Crippen molar-refractivity contribution in [2.75, 3.05) is 9.21 Å². The van der Waals surface area contributed by atoms with Crippen LogP contribution in [0.4, 0.5) is 11.4 Å². The van der Waals surface area contributed by atoms with E-state index in [1.807, 2.05) is 56.3 Å². The summed E-state index contributed by atoms with van der Waals surface area (Å²) in [6.45, 7) is 3.93. The van der Waals surface area contributed by atoms with Crippen LogP contribution in [0.3, 0.4) is 0 Å². The fraction of sp³-hybridized carbons (Fsp3) is 0.240. The third-order valence-corrected chi connectivity index (χ3v) is 8.13. The second-order valence-electron chi connectivity index (χ2n) is 8.37. The first kappa shape index (κ1) is 19.8. The smallest absolute Gasteiger partial charge is 0.264 e. The van der Waals surface area contributed by atoms with Crippen molar-refractivity contribution in [2.24, 2.45) is 0 Å². The molecule has 0 aromatic heterocycles. The molecule has 0 saturated carbocycles.